The molecule has 0 aliphatic carbocycles. The number of carbonyl (C=O) groups excluding carboxylic acids is 2. The molecule has 1 aromatic carbocycles. The van der Waals surface area contributed by atoms with Crippen molar-refractivity contribution in [2.24, 2.45) is 5.92 Å². The molecular formula is C18H26N2O2. The topological polar surface area (TPSA) is 49.4 Å². The molecule has 0 spiro atoms. The first-order valence-electron chi connectivity index (χ1n) is 8.13. The van der Waals surface area contributed by atoms with Gasteiger partial charge in [-0.2, -0.15) is 0 Å². The fraction of sp³-hybridized carbons (Fsp3) is 0.556. The third-order valence-corrected chi connectivity index (χ3v) is 4.53. The van der Waals surface area contributed by atoms with Gasteiger partial charge >= 0.3 is 0 Å². The van der Waals surface area contributed by atoms with Crippen molar-refractivity contribution in [3.63, 3.8) is 0 Å². The molecule has 4 nitrogen and oxygen atoms in total. The van der Waals surface area contributed by atoms with Crippen molar-refractivity contribution in [1.82, 2.24) is 10.2 Å². The Morgan fingerprint density at radius 2 is 1.91 bits per heavy atom. The van der Waals surface area contributed by atoms with Crippen molar-refractivity contribution in [3.8, 4) is 0 Å². The van der Waals surface area contributed by atoms with E-state index in [4.69, 9.17) is 0 Å². The maximum absolute atomic E-state index is 12.0. The lowest BCUT2D eigenvalue weighted by atomic mass is 9.96. The number of nitrogens with zero attached hydrogens (tertiary/aromatic N) is 1. The Morgan fingerprint density at radius 3 is 2.55 bits per heavy atom. The molecule has 1 aromatic rings. The molecule has 2 rings (SSSR count). The molecule has 2 amide bonds. The van der Waals surface area contributed by atoms with Crippen molar-refractivity contribution in [2.75, 3.05) is 19.6 Å². The summed E-state index contributed by atoms with van der Waals surface area (Å²) in [7, 11) is 0. The van der Waals surface area contributed by atoms with Crippen LogP contribution in [-0.2, 0) is 16.0 Å². The molecule has 1 aliphatic rings. The molecule has 0 saturated carbocycles. The zero-order valence-electron chi connectivity index (χ0n) is 13.6. The lowest BCUT2D eigenvalue weighted by molar-refractivity contribution is -0.130. The van der Waals surface area contributed by atoms with Crippen molar-refractivity contribution in [1.29, 1.82) is 0 Å². The van der Waals surface area contributed by atoms with E-state index in [-0.39, 0.29) is 11.8 Å². The number of rotatable bonds is 5. The highest BCUT2D eigenvalue weighted by Gasteiger charge is 2.20. The van der Waals surface area contributed by atoms with Crippen LogP contribution >= 0.6 is 0 Å². The van der Waals surface area contributed by atoms with Gasteiger partial charge in [-0.25, -0.2) is 0 Å². The second kappa shape index (κ2) is 7.97. The molecule has 1 heterocycles. The third-order valence-electron chi connectivity index (χ3n) is 4.53. The van der Waals surface area contributed by atoms with Gasteiger partial charge in [0.2, 0.25) is 11.8 Å². The van der Waals surface area contributed by atoms with E-state index in [1.54, 1.807) is 6.92 Å². The number of hydrogen-bond donors (Lipinski definition) is 1. The third kappa shape index (κ3) is 4.86. The number of amides is 2. The Labute approximate surface area is 132 Å². The van der Waals surface area contributed by atoms with Crippen molar-refractivity contribution < 1.29 is 9.59 Å². The molecule has 0 bridgehead atoms. The standard InChI is InChI=1S/C18H26N2O2/c1-14-5-3-4-6-17(14)7-8-18(22)19-13-16-9-11-20(12-10-16)15(2)21/h3-6,16H,7-13H2,1-2H3,(H,19,22). The Hall–Kier alpha value is -1.84. The Bertz CT molecular complexity index is 520. The highest BCUT2D eigenvalue weighted by Crippen LogP contribution is 2.16. The minimum Gasteiger partial charge on any atom is -0.356 e. The normalized spacial score (nSPS) is 15.6. The largest absolute Gasteiger partial charge is 0.356 e. The number of likely N-dealkylation sites (tertiary alicyclic amines) is 1. The molecule has 0 atom stereocenters. The van der Waals surface area contributed by atoms with Crippen LogP contribution in [0.4, 0.5) is 0 Å². The average Bonchev–Trinajstić information content (AvgIpc) is 2.52. The summed E-state index contributed by atoms with van der Waals surface area (Å²) >= 11 is 0. The predicted molar refractivity (Wildman–Crippen MR) is 87.5 cm³/mol. The van der Waals surface area contributed by atoms with Gasteiger partial charge in [0.15, 0.2) is 0 Å². The van der Waals surface area contributed by atoms with Gasteiger partial charge in [-0.1, -0.05) is 24.3 Å². The van der Waals surface area contributed by atoms with Gasteiger partial charge < -0.3 is 10.2 Å². The average molecular weight is 302 g/mol. The Kier molecular flexibility index (Phi) is 5.99. The van der Waals surface area contributed by atoms with Gasteiger partial charge in [0.05, 0.1) is 0 Å². The molecule has 1 saturated heterocycles. The summed E-state index contributed by atoms with van der Waals surface area (Å²) in [5.74, 6) is 0.774. The first-order chi connectivity index (χ1) is 10.6. The monoisotopic (exact) mass is 302 g/mol. The maximum atomic E-state index is 12.0. The van der Waals surface area contributed by atoms with Crippen LogP contribution in [0.25, 0.3) is 0 Å². The van der Waals surface area contributed by atoms with Crippen LogP contribution in [0.5, 0.6) is 0 Å². The summed E-state index contributed by atoms with van der Waals surface area (Å²) in [4.78, 5) is 25.1. The van der Waals surface area contributed by atoms with Crippen molar-refractivity contribution >= 4 is 11.8 Å². The molecule has 0 aromatic heterocycles. The minimum absolute atomic E-state index is 0.122. The lowest BCUT2D eigenvalue weighted by Gasteiger charge is -2.31. The van der Waals surface area contributed by atoms with E-state index >= 15 is 0 Å². The van der Waals surface area contributed by atoms with Crippen LogP contribution in [0.3, 0.4) is 0 Å². The van der Waals surface area contributed by atoms with E-state index in [1.165, 1.54) is 11.1 Å². The van der Waals surface area contributed by atoms with Crippen molar-refractivity contribution in [3.05, 3.63) is 35.4 Å². The smallest absolute Gasteiger partial charge is 0.220 e. The van der Waals surface area contributed by atoms with Gasteiger partial charge in [-0.05, 0) is 43.2 Å². The number of piperidine rings is 1. The molecule has 1 fully saturated rings. The maximum Gasteiger partial charge on any atom is 0.220 e. The summed E-state index contributed by atoms with van der Waals surface area (Å²) in [5, 5.41) is 3.04. The number of aryl methyl sites for hydroxylation is 2. The van der Waals surface area contributed by atoms with E-state index in [9.17, 15) is 9.59 Å². The zero-order chi connectivity index (χ0) is 15.9. The van der Waals surface area contributed by atoms with Crippen LogP contribution in [0, 0.1) is 12.8 Å². The summed E-state index contributed by atoms with van der Waals surface area (Å²) in [6, 6.07) is 8.20. The molecule has 0 unspecified atom stereocenters. The van der Waals surface area contributed by atoms with Gasteiger partial charge in [0, 0.05) is 33.0 Å². The van der Waals surface area contributed by atoms with Crippen molar-refractivity contribution in [2.45, 2.75) is 39.5 Å². The Morgan fingerprint density at radius 1 is 1.23 bits per heavy atom. The summed E-state index contributed by atoms with van der Waals surface area (Å²) in [6.07, 6.45) is 3.30. The molecule has 0 radical (unpaired) electrons. The fourth-order valence-corrected chi connectivity index (χ4v) is 2.94. The molecular weight excluding hydrogens is 276 g/mol. The first-order valence-corrected chi connectivity index (χ1v) is 8.13. The number of nitrogens with one attached hydrogen (secondary N) is 1. The minimum atomic E-state index is 0.122. The van der Waals surface area contributed by atoms with Gasteiger partial charge in [-0.15, -0.1) is 0 Å². The number of hydrogen-bond acceptors (Lipinski definition) is 2. The number of carbonyl (C=O) groups is 2. The zero-order valence-corrected chi connectivity index (χ0v) is 13.6. The predicted octanol–water partition coefficient (Wildman–Crippen LogP) is 2.30. The van der Waals surface area contributed by atoms with E-state index in [2.05, 4.69) is 24.4 Å². The first kappa shape index (κ1) is 16.5. The summed E-state index contributed by atoms with van der Waals surface area (Å²) < 4.78 is 0. The van der Waals surface area contributed by atoms with E-state index < -0.39 is 0 Å². The van der Waals surface area contributed by atoms with Gasteiger partial charge in [-0.3, -0.25) is 9.59 Å². The van der Waals surface area contributed by atoms with Crippen LogP contribution in [0.1, 0.15) is 37.3 Å². The second-order valence-corrected chi connectivity index (χ2v) is 6.18. The van der Waals surface area contributed by atoms with E-state index in [0.717, 1.165) is 38.9 Å². The van der Waals surface area contributed by atoms with Crippen LogP contribution in [-0.4, -0.2) is 36.3 Å². The highest BCUT2D eigenvalue weighted by molar-refractivity contribution is 5.76. The van der Waals surface area contributed by atoms with Crippen LogP contribution in [0.15, 0.2) is 24.3 Å². The SMILES string of the molecule is CC(=O)N1CCC(CNC(=O)CCc2ccccc2C)CC1. The van der Waals surface area contributed by atoms with Gasteiger partial charge in [0.25, 0.3) is 0 Å². The van der Waals surface area contributed by atoms with E-state index in [1.807, 2.05) is 17.0 Å². The quantitative estimate of drug-likeness (QED) is 0.907. The Balaban J connectivity index is 1.66. The fourth-order valence-electron chi connectivity index (χ4n) is 2.94. The molecule has 4 heteroatoms. The van der Waals surface area contributed by atoms with Gasteiger partial charge in [0.1, 0.15) is 0 Å². The number of benzene rings is 1. The molecule has 22 heavy (non-hydrogen) atoms. The van der Waals surface area contributed by atoms with Crippen LogP contribution < -0.4 is 5.32 Å². The lowest BCUT2D eigenvalue weighted by Crippen LogP contribution is -2.40. The van der Waals surface area contributed by atoms with Crippen LogP contribution in [0.2, 0.25) is 0 Å². The summed E-state index contributed by atoms with van der Waals surface area (Å²) in [6.45, 7) is 6.07. The highest BCUT2D eigenvalue weighted by atomic mass is 16.2. The second-order valence-electron chi connectivity index (χ2n) is 6.18. The molecule has 1 N–H and O–H groups in total. The van der Waals surface area contributed by atoms with E-state index in [0.29, 0.717) is 12.3 Å². The summed E-state index contributed by atoms with van der Waals surface area (Å²) in [5.41, 5.74) is 2.49. The molecule has 120 valence electrons. The molecule has 1 aliphatic heterocycles.